The number of carbonyl (C=O) groups excluding carboxylic acids is 1. The molecule has 0 heterocycles. The van der Waals surface area contributed by atoms with E-state index in [1.807, 2.05) is 0 Å². The van der Waals surface area contributed by atoms with E-state index in [1.165, 1.54) is 22.6 Å². The van der Waals surface area contributed by atoms with Gasteiger partial charge >= 0.3 is 6.18 Å². The Morgan fingerprint density at radius 2 is 1.86 bits per heavy atom. The van der Waals surface area contributed by atoms with Crippen molar-refractivity contribution >= 4 is 28.9 Å². The van der Waals surface area contributed by atoms with Gasteiger partial charge in [-0.2, -0.15) is 13.2 Å². The van der Waals surface area contributed by atoms with Gasteiger partial charge in [-0.15, -0.1) is 0 Å². The molecule has 0 fully saturated rings. The van der Waals surface area contributed by atoms with E-state index in [0.29, 0.717) is 6.07 Å². The zero-order valence-corrected chi connectivity index (χ0v) is 8.69. The summed E-state index contributed by atoms with van der Waals surface area (Å²) in [6, 6.07) is 1.19. The van der Waals surface area contributed by atoms with Gasteiger partial charge in [-0.05, 0) is 34.7 Å². The highest BCUT2D eigenvalue weighted by atomic mass is 127. The Bertz CT molecular complexity index is 372. The van der Waals surface area contributed by atoms with Gasteiger partial charge in [0, 0.05) is 3.57 Å². The molecule has 6 heteroatoms. The summed E-state index contributed by atoms with van der Waals surface area (Å²) in [5, 5.41) is 0. The Balaban J connectivity index is 3.36. The Morgan fingerprint density at radius 1 is 1.29 bits per heavy atom. The van der Waals surface area contributed by atoms with Crippen molar-refractivity contribution < 1.29 is 22.4 Å². The number of halogens is 5. The van der Waals surface area contributed by atoms with Crippen molar-refractivity contribution in [2.45, 2.75) is 6.18 Å². The highest BCUT2D eigenvalue weighted by molar-refractivity contribution is 14.1. The molecule has 0 aromatic heterocycles. The molecule has 14 heavy (non-hydrogen) atoms. The molecule has 1 aromatic carbocycles. The summed E-state index contributed by atoms with van der Waals surface area (Å²) < 4.78 is 49.2. The molecule has 0 aliphatic carbocycles. The SMILES string of the molecule is O=Cc1cc(I)c(C(F)(F)F)cc1F. The molecule has 0 aliphatic heterocycles. The van der Waals surface area contributed by atoms with E-state index in [1.54, 1.807) is 0 Å². The van der Waals surface area contributed by atoms with Crippen molar-refractivity contribution in [3.63, 3.8) is 0 Å². The van der Waals surface area contributed by atoms with Crippen LogP contribution in [-0.4, -0.2) is 6.29 Å². The zero-order chi connectivity index (χ0) is 10.9. The van der Waals surface area contributed by atoms with Gasteiger partial charge in [0.1, 0.15) is 5.82 Å². The van der Waals surface area contributed by atoms with Crippen molar-refractivity contribution in [1.82, 2.24) is 0 Å². The standard InChI is InChI=1S/C8H3F4IO/c9-6-2-5(8(10,11)12)7(13)1-4(6)3-14/h1-3H. The first-order valence-electron chi connectivity index (χ1n) is 3.37. The van der Waals surface area contributed by atoms with Crippen molar-refractivity contribution in [3.05, 3.63) is 32.6 Å². The number of benzene rings is 1. The van der Waals surface area contributed by atoms with E-state index >= 15 is 0 Å². The maximum absolute atomic E-state index is 12.8. The summed E-state index contributed by atoms with van der Waals surface area (Å²) in [5.74, 6) is -1.16. The quantitative estimate of drug-likeness (QED) is 0.441. The lowest BCUT2D eigenvalue weighted by Crippen LogP contribution is -2.09. The maximum atomic E-state index is 12.8. The van der Waals surface area contributed by atoms with Gasteiger partial charge in [0.2, 0.25) is 0 Å². The molecular weight excluding hydrogens is 315 g/mol. The molecule has 76 valence electrons. The van der Waals surface area contributed by atoms with Gasteiger partial charge in [-0.3, -0.25) is 4.79 Å². The van der Waals surface area contributed by atoms with E-state index in [9.17, 15) is 22.4 Å². The predicted octanol–water partition coefficient (Wildman–Crippen LogP) is 3.26. The molecule has 0 saturated heterocycles. The van der Waals surface area contributed by atoms with Gasteiger partial charge in [-0.25, -0.2) is 4.39 Å². The van der Waals surface area contributed by atoms with Crippen LogP contribution in [0.15, 0.2) is 12.1 Å². The van der Waals surface area contributed by atoms with Gasteiger partial charge in [-0.1, -0.05) is 0 Å². The highest BCUT2D eigenvalue weighted by Crippen LogP contribution is 2.33. The number of rotatable bonds is 1. The summed E-state index contributed by atoms with van der Waals surface area (Å²) in [4.78, 5) is 10.2. The molecule has 0 radical (unpaired) electrons. The average molecular weight is 318 g/mol. The third kappa shape index (κ3) is 2.23. The first-order valence-corrected chi connectivity index (χ1v) is 4.45. The molecule has 1 aromatic rings. The van der Waals surface area contributed by atoms with E-state index in [-0.39, 0.29) is 15.4 Å². The van der Waals surface area contributed by atoms with Crippen LogP contribution in [0.5, 0.6) is 0 Å². The van der Waals surface area contributed by atoms with E-state index < -0.39 is 17.6 Å². The molecule has 0 atom stereocenters. The second kappa shape index (κ2) is 3.84. The molecule has 0 spiro atoms. The van der Waals surface area contributed by atoms with Crippen molar-refractivity contribution in [3.8, 4) is 0 Å². The fourth-order valence-electron chi connectivity index (χ4n) is 0.870. The minimum Gasteiger partial charge on any atom is -0.298 e. The summed E-state index contributed by atoms with van der Waals surface area (Å²) in [6.45, 7) is 0. The molecule has 0 amide bonds. The van der Waals surface area contributed by atoms with Crippen molar-refractivity contribution in [1.29, 1.82) is 0 Å². The molecule has 0 unspecified atom stereocenters. The first-order chi connectivity index (χ1) is 6.36. The molecule has 1 rings (SSSR count). The number of hydrogen-bond acceptors (Lipinski definition) is 1. The molecule has 0 aliphatic rings. The zero-order valence-electron chi connectivity index (χ0n) is 6.53. The summed E-state index contributed by atoms with van der Waals surface area (Å²) >= 11 is 1.41. The Labute approximate surface area is 90.2 Å². The van der Waals surface area contributed by atoms with E-state index in [2.05, 4.69) is 0 Å². The van der Waals surface area contributed by atoms with Gasteiger partial charge < -0.3 is 0 Å². The summed E-state index contributed by atoms with van der Waals surface area (Å²) in [6.07, 6.45) is -4.42. The smallest absolute Gasteiger partial charge is 0.298 e. The Hall–Kier alpha value is -0.660. The Morgan fingerprint density at radius 3 is 2.29 bits per heavy atom. The topological polar surface area (TPSA) is 17.1 Å². The minimum absolute atomic E-state index is 0.178. The monoisotopic (exact) mass is 318 g/mol. The number of alkyl halides is 3. The molecule has 0 N–H and O–H groups in total. The molecular formula is C8H3F4IO. The van der Waals surface area contributed by atoms with Crippen LogP contribution < -0.4 is 0 Å². The van der Waals surface area contributed by atoms with E-state index in [0.717, 1.165) is 6.07 Å². The van der Waals surface area contributed by atoms with Crippen LogP contribution in [0.25, 0.3) is 0 Å². The number of aldehydes is 1. The molecule has 0 bridgehead atoms. The van der Waals surface area contributed by atoms with Crippen LogP contribution >= 0.6 is 22.6 Å². The lowest BCUT2D eigenvalue weighted by molar-refractivity contribution is -0.138. The molecule has 1 nitrogen and oxygen atoms in total. The van der Waals surface area contributed by atoms with Crippen LogP contribution in [-0.2, 0) is 6.18 Å². The van der Waals surface area contributed by atoms with Crippen LogP contribution in [0.4, 0.5) is 17.6 Å². The van der Waals surface area contributed by atoms with Crippen molar-refractivity contribution in [2.24, 2.45) is 0 Å². The number of carbonyl (C=O) groups is 1. The fraction of sp³-hybridized carbons (Fsp3) is 0.125. The van der Waals surface area contributed by atoms with Crippen LogP contribution in [0.3, 0.4) is 0 Å². The van der Waals surface area contributed by atoms with Gasteiger partial charge in [0.25, 0.3) is 0 Å². The fourth-order valence-corrected chi connectivity index (χ4v) is 1.67. The first kappa shape index (κ1) is 11.4. The number of hydrogen-bond donors (Lipinski definition) is 0. The summed E-state index contributed by atoms with van der Waals surface area (Å²) in [5.41, 5.74) is -1.44. The minimum atomic E-state index is -4.60. The van der Waals surface area contributed by atoms with Gasteiger partial charge in [0.15, 0.2) is 6.29 Å². The third-order valence-corrected chi connectivity index (χ3v) is 2.41. The van der Waals surface area contributed by atoms with E-state index in [4.69, 9.17) is 0 Å². The average Bonchev–Trinajstić information content (AvgIpc) is 2.06. The highest BCUT2D eigenvalue weighted by Gasteiger charge is 2.33. The van der Waals surface area contributed by atoms with Crippen LogP contribution in [0.1, 0.15) is 15.9 Å². The maximum Gasteiger partial charge on any atom is 0.417 e. The van der Waals surface area contributed by atoms with Gasteiger partial charge in [0.05, 0.1) is 11.1 Å². The second-order valence-electron chi connectivity index (χ2n) is 2.47. The Kier molecular flexibility index (Phi) is 3.13. The van der Waals surface area contributed by atoms with Crippen LogP contribution in [0, 0.1) is 9.39 Å². The lowest BCUT2D eigenvalue weighted by Gasteiger charge is -2.09. The van der Waals surface area contributed by atoms with Crippen molar-refractivity contribution in [2.75, 3.05) is 0 Å². The van der Waals surface area contributed by atoms with Crippen LogP contribution in [0.2, 0.25) is 0 Å². The second-order valence-corrected chi connectivity index (χ2v) is 3.63. The lowest BCUT2D eigenvalue weighted by atomic mass is 10.1. The molecule has 0 saturated carbocycles. The third-order valence-electron chi connectivity index (χ3n) is 1.52. The predicted molar refractivity (Wildman–Crippen MR) is 49.5 cm³/mol. The largest absolute Gasteiger partial charge is 0.417 e. The normalized spacial score (nSPS) is 11.5. The summed E-state index contributed by atoms with van der Waals surface area (Å²) in [7, 11) is 0.